The van der Waals surface area contributed by atoms with Gasteiger partial charge in [0.05, 0.1) is 6.54 Å². The topological polar surface area (TPSA) is 59.5 Å². The summed E-state index contributed by atoms with van der Waals surface area (Å²) in [7, 11) is 1.74. The van der Waals surface area contributed by atoms with Crippen LogP contribution >= 0.6 is 0 Å². The van der Waals surface area contributed by atoms with Crippen LogP contribution in [0.2, 0.25) is 0 Å². The standard InChI is InChI=1S/C25H23N5O2/c1-27-22-21(29-15-14-28(24(29)26-22)19-11-3-2-4-12-19)23(31)30(25(27)32)16-18-10-7-9-17-8-5-6-13-20(17)18/h2-13,21-22H,14-16H2,1H3. The molecule has 2 atom stereocenters. The van der Waals surface area contributed by atoms with E-state index in [0.29, 0.717) is 6.54 Å². The monoisotopic (exact) mass is 425 g/mol. The van der Waals surface area contributed by atoms with Crippen LogP contribution in [0.15, 0.2) is 77.8 Å². The van der Waals surface area contributed by atoms with Crippen molar-refractivity contribution in [2.45, 2.75) is 18.8 Å². The highest BCUT2D eigenvalue weighted by atomic mass is 16.2. The van der Waals surface area contributed by atoms with Crippen molar-refractivity contribution in [2.75, 3.05) is 25.0 Å². The maximum absolute atomic E-state index is 13.6. The quantitative estimate of drug-likeness (QED) is 0.647. The van der Waals surface area contributed by atoms with Crippen molar-refractivity contribution in [2.24, 2.45) is 4.99 Å². The minimum Gasteiger partial charge on any atom is -0.325 e. The second kappa shape index (κ2) is 7.09. The van der Waals surface area contributed by atoms with E-state index in [-0.39, 0.29) is 18.5 Å². The smallest absolute Gasteiger partial charge is 0.325 e. The molecule has 0 aromatic heterocycles. The Hall–Kier alpha value is -3.87. The van der Waals surface area contributed by atoms with Crippen LogP contribution in [0.3, 0.4) is 0 Å². The summed E-state index contributed by atoms with van der Waals surface area (Å²) in [6.45, 7) is 1.71. The zero-order chi connectivity index (χ0) is 21.8. The van der Waals surface area contributed by atoms with Crippen LogP contribution < -0.4 is 4.90 Å². The summed E-state index contributed by atoms with van der Waals surface area (Å²) < 4.78 is 0. The van der Waals surface area contributed by atoms with Gasteiger partial charge in [-0.15, -0.1) is 0 Å². The Morgan fingerprint density at radius 1 is 0.906 bits per heavy atom. The van der Waals surface area contributed by atoms with Crippen molar-refractivity contribution in [1.82, 2.24) is 14.7 Å². The number of benzene rings is 3. The van der Waals surface area contributed by atoms with Gasteiger partial charge in [-0.3, -0.25) is 9.69 Å². The van der Waals surface area contributed by atoms with E-state index < -0.39 is 12.2 Å². The van der Waals surface area contributed by atoms with E-state index in [1.165, 1.54) is 4.90 Å². The molecule has 7 nitrogen and oxygen atoms in total. The van der Waals surface area contributed by atoms with Gasteiger partial charge in [-0.2, -0.15) is 0 Å². The fraction of sp³-hybridized carbons (Fsp3) is 0.240. The number of likely N-dealkylation sites (N-methyl/N-ethyl adjacent to an activating group) is 1. The van der Waals surface area contributed by atoms with Crippen molar-refractivity contribution in [1.29, 1.82) is 0 Å². The molecule has 0 N–H and O–H groups in total. The first-order valence-corrected chi connectivity index (χ1v) is 10.9. The third kappa shape index (κ3) is 2.70. The zero-order valence-electron chi connectivity index (χ0n) is 17.8. The van der Waals surface area contributed by atoms with E-state index in [1.54, 1.807) is 11.9 Å². The Balaban J connectivity index is 1.33. The minimum absolute atomic E-state index is 0.181. The number of amides is 3. The number of carbonyl (C=O) groups excluding carboxylic acids is 2. The van der Waals surface area contributed by atoms with E-state index >= 15 is 0 Å². The van der Waals surface area contributed by atoms with Gasteiger partial charge in [0.25, 0.3) is 5.91 Å². The zero-order valence-corrected chi connectivity index (χ0v) is 17.8. The number of guanidine groups is 1. The van der Waals surface area contributed by atoms with E-state index in [4.69, 9.17) is 4.99 Å². The summed E-state index contributed by atoms with van der Waals surface area (Å²) in [4.78, 5) is 38.8. The van der Waals surface area contributed by atoms with E-state index in [0.717, 1.165) is 34.5 Å². The fourth-order valence-electron chi connectivity index (χ4n) is 5.04. The highest BCUT2D eigenvalue weighted by molar-refractivity contribution is 6.08. The van der Waals surface area contributed by atoms with Crippen LogP contribution in [-0.2, 0) is 11.3 Å². The van der Waals surface area contributed by atoms with Crippen LogP contribution in [0.5, 0.6) is 0 Å². The highest BCUT2D eigenvalue weighted by Gasteiger charge is 2.54. The number of fused-ring (bicyclic) bond motifs is 4. The van der Waals surface area contributed by atoms with Gasteiger partial charge in [0.2, 0.25) is 5.96 Å². The average molecular weight is 425 g/mol. The Morgan fingerprint density at radius 3 is 2.50 bits per heavy atom. The SMILES string of the molecule is CN1C(=O)N(Cc2cccc3ccccc23)C(=O)C2C1N=C1N(c3ccccc3)CCN12. The lowest BCUT2D eigenvalue weighted by Crippen LogP contribution is -2.64. The van der Waals surface area contributed by atoms with Gasteiger partial charge in [0, 0.05) is 25.8 Å². The van der Waals surface area contributed by atoms with Crippen molar-refractivity contribution in [3.05, 3.63) is 78.4 Å². The molecule has 3 amide bonds. The Bertz CT molecular complexity index is 1250. The van der Waals surface area contributed by atoms with Gasteiger partial charge in [-0.05, 0) is 28.5 Å². The summed E-state index contributed by atoms with van der Waals surface area (Å²) in [5.74, 6) is 0.589. The number of imide groups is 1. The molecule has 2 fully saturated rings. The lowest BCUT2D eigenvalue weighted by atomic mass is 10.0. The molecular weight excluding hydrogens is 402 g/mol. The maximum atomic E-state index is 13.6. The molecule has 3 aromatic carbocycles. The molecule has 0 saturated carbocycles. The third-order valence-electron chi connectivity index (χ3n) is 6.65. The number of hydrogen-bond donors (Lipinski definition) is 0. The molecule has 3 heterocycles. The van der Waals surface area contributed by atoms with Gasteiger partial charge >= 0.3 is 6.03 Å². The van der Waals surface area contributed by atoms with E-state index in [1.807, 2.05) is 72.8 Å². The second-order valence-electron chi connectivity index (χ2n) is 8.42. The molecule has 7 heteroatoms. The summed E-state index contributed by atoms with van der Waals surface area (Å²) in [6.07, 6.45) is -0.500. The largest absolute Gasteiger partial charge is 0.328 e. The molecule has 0 spiro atoms. The molecule has 160 valence electrons. The number of rotatable bonds is 3. The molecule has 2 unspecified atom stereocenters. The van der Waals surface area contributed by atoms with Crippen molar-refractivity contribution in [3.8, 4) is 0 Å². The molecule has 3 aliphatic heterocycles. The maximum Gasteiger partial charge on any atom is 0.328 e. The van der Waals surface area contributed by atoms with Crippen LogP contribution in [0.25, 0.3) is 10.8 Å². The molecule has 0 radical (unpaired) electrons. The fourth-order valence-corrected chi connectivity index (χ4v) is 5.04. The summed E-state index contributed by atoms with van der Waals surface area (Å²) in [5.41, 5.74) is 2.00. The van der Waals surface area contributed by atoms with E-state index in [2.05, 4.69) is 9.80 Å². The Kier molecular flexibility index (Phi) is 4.18. The molecule has 0 bridgehead atoms. The van der Waals surface area contributed by atoms with Gasteiger partial charge < -0.3 is 14.7 Å². The number of hydrogen-bond acceptors (Lipinski definition) is 5. The summed E-state index contributed by atoms with van der Waals surface area (Å²) in [5, 5.41) is 2.15. The molecule has 3 aromatic rings. The number of carbonyl (C=O) groups is 2. The first-order valence-electron chi connectivity index (χ1n) is 10.9. The predicted octanol–water partition coefficient (Wildman–Crippen LogP) is 3.12. The van der Waals surface area contributed by atoms with Gasteiger partial charge in [-0.1, -0.05) is 60.7 Å². The first-order chi connectivity index (χ1) is 15.6. The number of nitrogens with zero attached hydrogens (tertiary/aromatic N) is 5. The van der Waals surface area contributed by atoms with Crippen LogP contribution in [0.4, 0.5) is 10.5 Å². The predicted molar refractivity (Wildman–Crippen MR) is 123 cm³/mol. The van der Waals surface area contributed by atoms with E-state index in [9.17, 15) is 9.59 Å². The Labute approximate surface area is 186 Å². The number of anilines is 1. The molecule has 0 aliphatic carbocycles. The lowest BCUT2D eigenvalue weighted by molar-refractivity contribution is -0.137. The molecule has 3 aliphatic rings. The normalized spacial score (nSPS) is 22.5. The molecular formula is C25H23N5O2. The number of para-hydroxylation sites is 1. The van der Waals surface area contributed by atoms with Crippen molar-refractivity contribution >= 4 is 34.4 Å². The number of urea groups is 1. The van der Waals surface area contributed by atoms with Crippen LogP contribution in [-0.4, -0.2) is 64.9 Å². The number of aliphatic imine (C=N–C) groups is 1. The molecule has 32 heavy (non-hydrogen) atoms. The third-order valence-corrected chi connectivity index (χ3v) is 6.65. The average Bonchev–Trinajstić information content (AvgIpc) is 3.41. The van der Waals surface area contributed by atoms with Gasteiger partial charge in [0.1, 0.15) is 0 Å². The summed E-state index contributed by atoms with van der Waals surface area (Å²) >= 11 is 0. The molecule has 2 saturated heterocycles. The molecule has 6 rings (SSSR count). The minimum atomic E-state index is -0.500. The lowest BCUT2D eigenvalue weighted by Gasteiger charge is -2.40. The van der Waals surface area contributed by atoms with Crippen molar-refractivity contribution in [3.63, 3.8) is 0 Å². The first kappa shape index (κ1) is 18.9. The van der Waals surface area contributed by atoms with Crippen LogP contribution in [0.1, 0.15) is 5.56 Å². The summed E-state index contributed by atoms with van der Waals surface area (Å²) in [6, 6.07) is 23.3. The van der Waals surface area contributed by atoms with Crippen LogP contribution in [0, 0.1) is 0 Å². The van der Waals surface area contributed by atoms with Gasteiger partial charge in [0.15, 0.2) is 12.2 Å². The van der Waals surface area contributed by atoms with Gasteiger partial charge in [-0.25, -0.2) is 9.79 Å². The van der Waals surface area contributed by atoms with Crippen molar-refractivity contribution < 1.29 is 9.59 Å². The second-order valence-corrected chi connectivity index (χ2v) is 8.42. The Morgan fingerprint density at radius 2 is 1.66 bits per heavy atom. The highest BCUT2D eigenvalue weighted by Crippen LogP contribution is 2.34.